The van der Waals surface area contributed by atoms with E-state index in [-0.39, 0.29) is 11.7 Å². The molecule has 2 N–H and O–H groups in total. The average molecular weight is 397 g/mol. The molecule has 0 atom stereocenters. The largest absolute Gasteiger partial charge is 0.451 e. The van der Waals surface area contributed by atoms with Gasteiger partial charge in [0.05, 0.1) is 5.69 Å². The number of aromatic amines is 1. The minimum Gasteiger partial charge on any atom is -0.451 e. The Hall–Kier alpha value is -2.93. The maximum atomic E-state index is 12.6. The van der Waals surface area contributed by atoms with Gasteiger partial charge in [0.15, 0.2) is 11.6 Å². The van der Waals surface area contributed by atoms with Crippen molar-refractivity contribution in [2.75, 3.05) is 5.32 Å². The first-order valence-electron chi connectivity index (χ1n) is 7.57. The zero-order valence-electron chi connectivity index (χ0n) is 13.2. The number of pyridine rings is 1. The second-order valence-corrected chi connectivity index (χ2v) is 6.47. The van der Waals surface area contributed by atoms with Gasteiger partial charge >= 0.3 is 0 Å². The molecule has 4 rings (SSSR count). The van der Waals surface area contributed by atoms with Crippen LogP contribution in [0.25, 0.3) is 22.2 Å². The SMILES string of the molecule is Cc1c(C(=O)Nc2cc(-c3ccncc3)[nH]n2)oc2ccc(Br)cc12. The molecule has 3 aromatic heterocycles. The molecule has 0 aliphatic rings. The van der Waals surface area contributed by atoms with Crippen molar-refractivity contribution >= 4 is 38.6 Å². The van der Waals surface area contributed by atoms with Crippen molar-refractivity contribution in [1.82, 2.24) is 15.2 Å². The summed E-state index contributed by atoms with van der Waals surface area (Å²) in [5, 5.41) is 10.7. The fourth-order valence-corrected chi connectivity index (χ4v) is 3.01. The lowest BCUT2D eigenvalue weighted by Crippen LogP contribution is -2.12. The van der Waals surface area contributed by atoms with E-state index in [1.54, 1.807) is 18.5 Å². The Morgan fingerprint density at radius 1 is 1.20 bits per heavy atom. The maximum Gasteiger partial charge on any atom is 0.292 e. The molecule has 6 nitrogen and oxygen atoms in total. The number of aryl methyl sites for hydroxylation is 1. The third-order valence-corrected chi connectivity index (χ3v) is 4.41. The highest BCUT2D eigenvalue weighted by Gasteiger charge is 2.19. The Balaban J connectivity index is 1.61. The molecule has 0 saturated heterocycles. The van der Waals surface area contributed by atoms with E-state index >= 15 is 0 Å². The van der Waals surface area contributed by atoms with Crippen LogP contribution in [0.3, 0.4) is 0 Å². The highest BCUT2D eigenvalue weighted by atomic mass is 79.9. The van der Waals surface area contributed by atoms with E-state index in [0.29, 0.717) is 11.4 Å². The van der Waals surface area contributed by atoms with E-state index in [1.807, 2.05) is 37.3 Å². The Morgan fingerprint density at radius 2 is 2.00 bits per heavy atom. The van der Waals surface area contributed by atoms with E-state index < -0.39 is 0 Å². The molecule has 124 valence electrons. The fourth-order valence-electron chi connectivity index (χ4n) is 2.65. The number of nitrogens with one attached hydrogen (secondary N) is 2. The van der Waals surface area contributed by atoms with Gasteiger partial charge in [-0.15, -0.1) is 0 Å². The Morgan fingerprint density at radius 3 is 2.80 bits per heavy atom. The number of hydrogen-bond acceptors (Lipinski definition) is 4. The smallest absolute Gasteiger partial charge is 0.292 e. The number of halogens is 1. The summed E-state index contributed by atoms with van der Waals surface area (Å²) in [6.07, 6.45) is 3.40. The predicted molar refractivity (Wildman–Crippen MR) is 98.4 cm³/mol. The summed E-state index contributed by atoms with van der Waals surface area (Å²) in [6.45, 7) is 1.86. The third kappa shape index (κ3) is 2.94. The number of fused-ring (bicyclic) bond motifs is 1. The summed E-state index contributed by atoms with van der Waals surface area (Å²) in [5.41, 5.74) is 3.19. The summed E-state index contributed by atoms with van der Waals surface area (Å²) < 4.78 is 6.64. The van der Waals surface area contributed by atoms with Crippen LogP contribution in [0.4, 0.5) is 5.82 Å². The minimum absolute atomic E-state index is 0.279. The Kier molecular flexibility index (Phi) is 3.85. The molecule has 0 aliphatic carbocycles. The zero-order chi connectivity index (χ0) is 17.4. The second kappa shape index (κ2) is 6.18. The van der Waals surface area contributed by atoms with Crippen molar-refractivity contribution < 1.29 is 9.21 Å². The van der Waals surface area contributed by atoms with Crippen molar-refractivity contribution in [2.45, 2.75) is 6.92 Å². The lowest BCUT2D eigenvalue weighted by atomic mass is 10.1. The van der Waals surface area contributed by atoms with Gasteiger partial charge in [0.25, 0.3) is 5.91 Å². The number of carbonyl (C=O) groups excluding carboxylic acids is 1. The van der Waals surface area contributed by atoms with Crippen LogP contribution in [0, 0.1) is 6.92 Å². The number of aromatic nitrogens is 3. The maximum absolute atomic E-state index is 12.6. The van der Waals surface area contributed by atoms with Crippen LogP contribution in [-0.2, 0) is 0 Å². The van der Waals surface area contributed by atoms with Gasteiger partial charge in [-0.05, 0) is 37.3 Å². The number of benzene rings is 1. The quantitative estimate of drug-likeness (QED) is 0.532. The van der Waals surface area contributed by atoms with Gasteiger partial charge < -0.3 is 9.73 Å². The summed E-state index contributed by atoms with van der Waals surface area (Å²) in [4.78, 5) is 16.5. The van der Waals surface area contributed by atoms with Crippen molar-refractivity contribution in [2.24, 2.45) is 0 Å². The number of amides is 1. The predicted octanol–water partition coefficient (Wildman–Crippen LogP) is 4.54. The molecular formula is C18H13BrN4O2. The number of anilines is 1. The first kappa shape index (κ1) is 15.6. The van der Waals surface area contributed by atoms with Crippen LogP contribution in [0.2, 0.25) is 0 Å². The van der Waals surface area contributed by atoms with E-state index in [9.17, 15) is 4.79 Å². The molecule has 0 unspecified atom stereocenters. The van der Waals surface area contributed by atoms with Gasteiger partial charge in [0, 0.05) is 39.4 Å². The first-order chi connectivity index (χ1) is 12.1. The number of nitrogens with zero attached hydrogens (tertiary/aromatic N) is 2. The van der Waals surface area contributed by atoms with Gasteiger partial charge in [-0.1, -0.05) is 15.9 Å². The molecule has 0 bridgehead atoms. The molecule has 0 fully saturated rings. The topological polar surface area (TPSA) is 83.8 Å². The Bertz CT molecular complexity index is 1070. The molecule has 0 aliphatic heterocycles. The van der Waals surface area contributed by atoms with Crippen LogP contribution in [-0.4, -0.2) is 21.1 Å². The molecule has 0 spiro atoms. The molecule has 4 aromatic rings. The second-order valence-electron chi connectivity index (χ2n) is 5.55. The Labute approximate surface area is 151 Å². The van der Waals surface area contributed by atoms with Gasteiger partial charge in [-0.25, -0.2) is 0 Å². The highest BCUT2D eigenvalue weighted by molar-refractivity contribution is 9.10. The van der Waals surface area contributed by atoms with Crippen LogP contribution < -0.4 is 5.32 Å². The fraction of sp³-hybridized carbons (Fsp3) is 0.0556. The molecule has 1 amide bonds. The molecule has 25 heavy (non-hydrogen) atoms. The van der Waals surface area contributed by atoms with Gasteiger partial charge in [0.1, 0.15) is 5.58 Å². The average Bonchev–Trinajstić information content (AvgIpc) is 3.21. The van der Waals surface area contributed by atoms with Crippen LogP contribution in [0.15, 0.2) is 57.7 Å². The monoisotopic (exact) mass is 396 g/mol. The summed E-state index contributed by atoms with van der Waals surface area (Å²) in [6, 6.07) is 11.1. The van der Waals surface area contributed by atoms with Gasteiger partial charge in [-0.3, -0.25) is 14.9 Å². The molecule has 7 heteroatoms. The lowest BCUT2D eigenvalue weighted by molar-refractivity contribution is 0.0997. The molecule has 0 saturated carbocycles. The van der Waals surface area contributed by atoms with Gasteiger partial charge in [-0.2, -0.15) is 5.10 Å². The number of furan rings is 1. The van der Waals surface area contributed by atoms with Crippen LogP contribution in [0.5, 0.6) is 0 Å². The normalized spacial score (nSPS) is 11.0. The van der Waals surface area contributed by atoms with Gasteiger partial charge in [0.2, 0.25) is 0 Å². The highest BCUT2D eigenvalue weighted by Crippen LogP contribution is 2.28. The molecule has 1 aromatic carbocycles. The van der Waals surface area contributed by atoms with Crippen molar-refractivity contribution in [3.05, 3.63) is 64.6 Å². The van der Waals surface area contributed by atoms with E-state index in [0.717, 1.165) is 26.7 Å². The van der Waals surface area contributed by atoms with Crippen molar-refractivity contribution in [1.29, 1.82) is 0 Å². The standard InChI is InChI=1S/C18H13BrN4O2/c1-10-13-8-12(19)2-3-15(13)25-17(10)18(24)21-16-9-14(22-23-16)11-4-6-20-7-5-11/h2-9H,1H3,(H2,21,22,23,24). The van der Waals surface area contributed by atoms with Crippen LogP contribution in [0.1, 0.15) is 16.1 Å². The summed E-state index contributed by atoms with van der Waals surface area (Å²) >= 11 is 3.43. The van der Waals surface area contributed by atoms with Crippen molar-refractivity contribution in [3.63, 3.8) is 0 Å². The third-order valence-electron chi connectivity index (χ3n) is 3.92. The first-order valence-corrected chi connectivity index (χ1v) is 8.37. The van der Waals surface area contributed by atoms with E-state index in [2.05, 4.69) is 36.4 Å². The summed E-state index contributed by atoms with van der Waals surface area (Å²) in [5.74, 6) is 0.372. The number of rotatable bonds is 3. The van der Waals surface area contributed by atoms with E-state index in [1.165, 1.54) is 0 Å². The zero-order valence-corrected chi connectivity index (χ0v) is 14.8. The number of hydrogen-bond donors (Lipinski definition) is 2. The van der Waals surface area contributed by atoms with E-state index in [4.69, 9.17) is 4.42 Å². The number of H-pyrrole nitrogens is 1. The van der Waals surface area contributed by atoms with Crippen LogP contribution >= 0.6 is 15.9 Å². The molecule has 0 radical (unpaired) electrons. The minimum atomic E-state index is -0.336. The van der Waals surface area contributed by atoms with Crippen molar-refractivity contribution in [3.8, 4) is 11.3 Å². The lowest BCUT2D eigenvalue weighted by Gasteiger charge is -1.99. The molecular weight excluding hydrogens is 384 g/mol. The number of carbonyl (C=O) groups is 1. The summed E-state index contributed by atoms with van der Waals surface area (Å²) in [7, 11) is 0. The molecule has 3 heterocycles.